The molecule has 1 heterocycles. The van der Waals surface area contributed by atoms with Crippen molar-refractivity contribution in [3.05, 3.63) is 48.0 Å². The zero-order valence-electron chi connectivity index (χ0n) is 20.4. The molecule has 0 N–H and O–H groups in total. The molecule has 1 saturated heterocycles. The Bertz CT molecular complexity index is 912. The molecule has 0 saturated carbocycles. The zero-order valence-corrected chi connectivity index (χ0v) is 21.4. The van der Waals surface area contributed by atoms with Gasteiger partial charge in [0.2, 0.25) is 0 Å². The van der Waals surface area contributed by atoms with Gasteiger partial charge in [0.1, 0.15) is 12.4 Å². The summed E-state index contributed by atoms with van der Waals surface area (Å²) in [7, 11) is -2.11. The molecule has 0 aliphatic carbocycles. The first-order valence-electron chi connectivity index (χ1n) is 11.5. The normalized spacial score (nSPS) is 14.9. The van der Waals surface area contributed by atoms with Gasteiger partial charge in [0.15, 0.2) is 0 Å². The van der Waals surface area contributed by atoms with E-state index in [1.807, 2.05) is 19.1 Å². The second-order valence-electron chi connectivity index (χ2n) is 9.82. The van der Waals surface area contributed by atoms with Crippen molar-refractivity contribution in [1.82, 2.24) is 0 Å². The molecule has 0 bridgehead atoms. The minimum absolute atomic E-state index is 0.0532. The number of hydrogen-bond donors (Lipinski definition) is 0. The third kappa shape index (κ3) is 5.73. The first-order chi connectivity index (χ1) is 15.1. The van der Waals surface area contributed by atoms with Crippen molar-refractivity contribution in [1.29, 1.82) is 0 Å². The highest BCUT2D eigenvalue weighted by Gasteiger charge is 2.40. The van der Waals surface area contributed by atoms with Crippen molar-refractivity contribution >= 4 is 20.0 Å². The van der Waals surface area contributed by atoms with Gasteiger partial charge in [-0.3, -0.25) is 4.79 Å². The number of carbonyl (C=O) groups is 1. The summed E-state index contributed by atoms with van der Waals surface area (Å²) in [6.07, 6.45) is 0.362. The Hall–Kier alpha value is -2.31. The van der Waals surface area contributed by atoms with E-state index in [-0.39, 0.29) is 17.6 Å². The average molecular weight is 456 g/mol. The summed E-state index contributed by atoms with van der Waals surface area (Å²) in [5, 5.41) is 0.0532. The summed E-state index contributed by atoms with van der Waals surface area (Å²) in [5.74, 6) is 0.630. The van der Waals surface area contributed by atoms with Gasteiger partial charge in [-0.15, -0.1) is 0 Å². The van der Waals surface area contributed by atoms with E-state index in [0.717, 1.165) is 48.7 Å². The summed E-state index contributed by atoms with van der Waals surface area (Å²) in [6.45, 7) is 16.6. The predicted octanol–water partition coefficient (Wildman–Crippen LogP) is 6.03. The Kier molecular flexibility index (Phi) is 7.67. The molecule has 1 aliphatic heterocycles. The third-order valence-electron chi connectivity index (χ3n) is 6.49. The minimum Gasteiger partial charge on any atom is -0.543 e. The van der Waals surface area contributed by atoms with Crippen LogP contribution in [0.25, 0.3) is 11.1 Å². The van der Waals surface area contributed by atoms with Crippen LogP contribution in [0.3, 0.4) is 0 Å². The number of nitrogens with zero attached hydrogens (tertiary/aromatic N) is 1. The minimum atomic E-state index is -2.11. The summed E-state index contributed by atoms with van der Waals surface area (Å²) in [5.41, 5.74) is 4.25. The van der Waals surface area contributed by atoms with Crippen LogP contribution < -0.4 is 9.33 Å². The molecular weight excluding hydrogens is 418 g/mol. The van der Waals surface area contributed by atoms with Crippen molar-refractivity contribution in [2.24, 2.45) is 0 Å². The molecule has 0 amide bonds. The lowest BCUT2D eigenvalue weighted by atomic mass is 10.0. The molecule has 32 heavy (non-hydrogen) atoms. The molecular formula is C26H37NO4Si. The molecule has 1 fully saturated rings. The quantitative estimate of drug-likeness (QED) is 0.377. The maximum atomic E-state index is 11.8. The van der Waals surface area contributed by atoms with Crippen LogP contribution in [0.15, 0.2) is 42.5 Å². The van der Waals surface area contributed by atoms with Crippen molar-refractivity contribution in [2.75, 3.05) is 31.2 Å². The number of anilines is 1. The highest BCUT2D eigenvalue weighted by Crippen LogP contribution is 2.42. The van der Waals surface area contributed by atoms with Gasteiger partial charge >= 0.3 is 5.97 Å². The van der Waals surface area contributed by atoms with Crippen molar-refractivity contribution in [3.63, 3.8) is 0 Å². The van der Waals surface area contributed by atoms with Crippen LogP contribution in [0.5, 0.6) is 5.75 Å². The van der Waals surface area contributed by atoms with E-state index in [1.54, 1.807) is 0 Å². The Morgan fingerprint density at radius 2 is 1.72 bits per heavy atom. The Labute approximate surface area is 193 Å². The number of carbonyl (C=O) groups excluding carboxylic acids is 1. The number of ether oxygens (including phenoxy) is 2. The van der Waals surface area contributed by atoms with Gasteiger partial charge in [-0.25, -0.2) is 0 Å². The maximum absolute atomic E-state index is 11.8. The number of morpholine rings is 1. The standard InChI is InChI=1S/C26H37NO4Si/c1-7-24(28)30-19-21-9-8-10-23(25(21)31-32(5,6)26(2,3)4)20-11-13-22(14-12-20)27-15-17-29-18-16-27/h8-14H,7,15-19H2,1-6H3. The molecule has 2 aromatic rings. The van der Waals surface area contributed by atoms with Crippen LogP contribution in [0.4, 0.5) is 5.69 Å². The average Bonchev–Trinajstić information content (AvgIpc) is 2.78. The summed E-state index contributed by atoms with van der Waals surface area (Å²) >= 11 is 0. The number of esters is 1. The molecule has 5 nitrogen and oxygen atoms in total. The van der Waals surface area contributed by atoms with E-state index in [0.29, 0.717) is 6.42 Å². The fraction of sp³-hybridized carbons (Fsp3) is 0.500. The lowest BCUT2D eigenvalue weighted by molar-refractivity contribution is -0.144. The number of hydrogen-bond acceptors (Lipinski definition) is 5. The van der Waals surface area contributed by atoms with E-state index < -0.39 is 8.32 Å². The molecule has 0 atom stereocenters. The maximum Gasteiger partial charge on any atom is 0.305 e. The van der Waals surface area contributed by atoms with Crippen LogP contribution in [0.2, 0.25) is 18.1 Å². The highest BCUT2D eigenvalue weighted by atomic mass is 28.4. The molecule has 3 rings (SSSR count). The molecule has 1 aliphatic rings. The second-order valence-corrected chi connectivity index (χ2v) is 14.5. The number of para-hydroxylation sites is 1. The summed E-state index contributed by atoms with van der Waals surface area (Å²) in [4.78, 5) is 14.2. The monoisotopic (exact) mass is 455 g/mol. The van der Waals surface area contributed by atoms with Crippen LogP contribution in [-0.4, -0.2) is 40.6 Å². The molecule has 0 unspecified atom stereocenters. The predicted molar refractivity (Wildman–Crippen MR) is 133 cm³/mol. The number of benzene rings is 2. The van der Waals surface area contributed by atoms with Gasteiger partial charge in [-0.1, -0.05) is 58.0 Å². The molecule has 0 aromatic heterocycles. The smallest absolute Gasteiger partial charge is 0.305 e. The molecule has 6 heteroatoms. The zero-order chi connectivity index (χ0) is 23.4. The lowest BCUT2D eigenvalue weighted by Gasteiger charge is -2.37. The Morgan fingerprint density at radius 1 is 1.06 bits per heavy atom. The summed E-state index contributed by atoms with van der Waals surface area (Å²) < 4.78 is 17.8. The second kappa shape index (κ2) is 10.1. The highest BCUT2D eigenvalue weighted by molar-refractivity contribution is 6.74. The van der Waals surface area contributed by atoms with E-state index in [9.17, 15) is 4.79 Å². The summed E-state index contributed by atoms with van der Waals surface area (Å²) in [6, 6.07) is 14.7. The van der Waals surface area contributed by atoms with Crippen molar-refractivity contribution in [3.8, 4) is 16.9 Å². The van der Waals surface area contributed by atoms with E-state index in [4.69, 9.17) is 13.9 Å². The van der Waals surface area contributed by atoms with Crippen molar-refractivity contribution in [2.45, 2.75) is 58.9 Å². The fourth-order valence-electron chi connectivity index (χ4n) is 3.39. The third-order valence-corrected chi connectivity index (χ3v) is 10.8. The number of rotatable bonds is 7. The van der Waals surface area contributed by atoms with Crippen LogP contribution in [0, 0.1) is 0 Å². The van der Waals surface area contributed by atoms with Gasteiger partial charge in [-0.2, -0.15) is 0 Å². The van der Waals surface area contributed by atoms with Gasteiger partial charge in [0.25, 0.3) is 8.32 Å². The van der Waals surface area contributed by atoms with Gasteiger partial charge in [0.05, 0.1) is 13.2 Å². The Balaban J connectivity index is 1.97. The molecule has 0 radical (unpaired) electrons. The SMILES string of the molecule is CCC(=O)OCc1cccc(-c2ccc(N3CCOCC3)cc2)c1O[Si](C)(C)C(C)(C)C. The van der Waals surface area contributed by atoms with Crippen molar-refractivity contribution < 1.29 is 18.7 Å². The van der Waals surface area contributed by atoms with E-state index in [1.165, 1.54) is 5.69 Å². The van der Waals surface area contributed by atoms with Crippen LogP contribution in [-0.2, 0) is 20.9 Å². The van der Waals surface area contributed by atoms with Crippen LogP contribution in [0.1, 0.15) is 39.7 Å². The van der Waals surface area contributed by atoms with E-state index in [2.05, 4.69) is 69.1 Å². The van der Waals surface area contributed by atoms with E-state index >= 15 is 0 Å². The van der Waals surface area contributed by atoms with Gasteiger partial charge in [0, 0.05) is 36.3 Å². The first-order valence-corrected chi connectivity index (χ1v) is 14.4. The molecule has 174 valence electrons. The fourth-order valence-corrected chi connectivity index (χ4v) is 4.45. The first kappa shape index (κ1) is 24.3. The topological polar surface area (TPSA) is 48.0 Å². The largest absolute Gasteiger partial charge is 0.543 e. The Morgan fingerprint density at radius 3 is 2.31 bits per heavy atom. The van der Waals surface area contributed by atoms with Gasteiger partial charge in [-0.05, 0) is 35.8 Å². The lowest BCUT2D eigenvalue weighted by Crippen LogP contribution is -2.44. The van der Waals surface area contributed by atoms with Crippen LogP contribution >= 0.6 is 0 Å². The van der Waals surface area contributed by atoms with Gasteiger partial charge < -0.3 is 18.8 Å². The molecule has 0 spiro atoms. The molecule has 2 aromatic carbocycles.